The van der Waals surface area contributed by atoms with E-state index in [-0.39, 0.29) is 30.2 Å². The van der Waals surface area contributed by atoms with Gasteiger partial charge in [-0.15, -0.1) is 0 Å². The first-order chi connectivity index (χ1) is 21.7. The van der Waals surface area contributed by atoms with Crippen molar-refractivity contribution in [3.05, 3.63) is 78.1 Å². The van der Waals surface area contributed by atoms with E-state index in [1.165, 1.54) is 12.5 Å². The van der Waals surface area contributed by atoms with E-state index in [1.807, 2.05) is 68.6 Å². The lowest BCUT2D eigenvalue weighted by Crippen LogP contribution is -2.66. The minimum Gasteiger partial charge on any atom is -0.396 e. The fourth-order valence-electron chi connectivity index (χ4n) is 6.34. The van der Waals surface area contributed by atoms with Crippen LogP contribution >= 0.6 is 0 Å². The van der Waals surface area contributed by atoms with Crippen molar-refractivity contribution in [2.45, 2.75) is 77.4 Å². The molecule has 1 atom stereocenters. The van der Waals surface area contributed by atoms with Crippen LogP contribution in [0.4, 0.5) is 0 Å². The summed E-state index contributed by atoms with van der Waals surface area (Å²) in [4.78, 5) is 48.3. The molecule has 242 valence electrons. The highest BCUT2D eigenvalue weighted by molar-refractivity contribution is 5.95. The Labute approximate surface area is 267 Å². The maximum Gasteiger partial charge on any atom is 0.249 e. The molecule has 0 radical (unpaired) electrons. The number of hydrogen-bond donors (Lipinski definition) is 4. The molecule has 1 aliphatic rings. The van der Waals surface area contributed by atoms with Crippen molar-refractivity contribution < 1.29 is 19.5 Å². The number of benzene rings is 2. The first kappa shape index (κ1) is 33.9. The molecule has 2 heterocycles. The molecule has 0 bridgehead atoms. The molecule has 1 fully saturated rings. The van der Waals surface area contributed by atoms with Crippen LogP contribution in [-0.2, 0) is 20.9 Å². The third-order valence-corrected chi connectivity index (χ3v) is 8.66. The van der Waals surface area contributed by atoms with Crippen LogP contribution in [0.3, 0.4) is 0 Å². The number of carbonyl (C=O) groups is 3. The van der Waals surface area contributed by atoms with Gasteiger partial charge >= 0.3 is 0 Å². The van der Waals surface area contributed by atoms with Gasteiger partial charge in [0.2, 0.25) is 17.7 Å². The number of para-hydroxylation sites is 1. The van der Waals surface area contributed by atoms with Crippen LogP contribution in [0.5, 0.6) is 0 Å². The summed E-state index contributed by atoms with van der Waals surface area (Å²) in [6, 6.07) is 17.5. The van der Waals surface area contributed by atoms with Crippen molar-refractivity contribution in [3.8, 4) is 0 Å². The molecule has 1 aromatic heterocycles. The second-order valence-corrected chi connectivity index (χ2v) is 12.5. The molecule has 0 aliphatic carbocycles. The van der Waals surface area contributed by atoms with E-state index < -0.39 is 11.6 Å². The molecular formula is C36H49N5O4. The van der Waals surface area contributed by atoms with E-state index in [0.29, 0.717) is 51.7 Å². The van der Waals surface area contributed by atoms with Crippen LogP contribution in [0, 0.1) is 5.92 Å². The fraction of sp³-hybridized carbons (Fsp3) is 0.472. The third kappa shape index (κ3) is 9.05. The fourth-order valence-corrected chi connectivity index (χ4v) is 6.34. The summed E-state index contributed by atoms with van der Waals surface area (Å²) < 4.78 is 0. The van der Waals surface area contributed by atoms with Crippen molar-refractivity contribution in [2.75, 3.05) is 26.2 Å². The van der Waals surface area contributed by atoms with E-state index in [1.54, 1.807) is 11.1 Å². The highest BCUT2D eigenvalue weighted by atomic mass is 16.3. The lowest BCUT2D eigenvalue weighted by Gasteiger charge is -2.48. The van der Waals surface area contributed by atoms with Crippen molar-refractivity contribution >= 4 is 34.7 Å². The lowest BCUT2D eigenvalue weighted by atomic mass is 9.83. The number of piperidine rings is 1. The molecule has 3 amide bonds. The quantitative estimate of drug-likeness (QED) is 0.183. The van der Waals surface area contributed by atoms with Crippen LogP contribution in [0.25, 0.3) is 17.0 Å². The standard InChI is InChI=1S/C36H49N5O4/c1-27(2)24-33(39-28(3)43)34(44)41(20-10-5-11-23-42)36(17-21-40(22-18-36)26-29-12-6-4-7-13-29)35(45)37-19-16-30-25-38-32-15-9-8-14-31(30)32/h4,6-9,12-16,19,25,27,33,38,42H,5,10-11,17-18,20-24,26H2,1-3H3,(H,37,45)(H,39,43)/b19-16+. The molecule has 1 saturated heterocycles. The number of amides is 3. The number of H-pyrrole nitrogens is 1. The van der Waals surface area contributed by atoms with E-state index in [4.69, 9.17) is 0 Å². The summed E-state index contributed by atoms with van der Waals surface area (Å²) in [6.07, 6.45) is 8.86. The predicted octanol–water partition coefficient (Wildman–Crippen LogP) is 4.83. The Morgan fingerprint density at radius 3 is 2.42 bits per heavy atom. The maximum absolute atomic E-state index is 14.4. The number of aliphatic hydroxyl groups is 1. The molecular weight excluding hydrogens is 566 g/mol. The van der Waals surface area contributed by atoms with Crippen molar-refractivity contribution in [1.82, 2.24) is 25.4 Å². The van der Waals surface area contributed by atoms with Crippen LogP contribution in [0.15, 0.2) is 67.0 Å². The Kier molecular flexibility index (Phi) is 12.4. The zero-order chi connectivity index (χ0) is 32.2. The third-order valence-electron chi connectivity index (χ3n) is 8.66. The zero-order valence-electron chi connectivity index (χ0n) is 26.9. The second-order valence-electron chi connectivity index (χ2n) is 12.5. The van der Waals surface area contributed by atoms with Gasteiger partial charge in [0, 0.05) is 68.6 Å². The van der Waals surface area contributed by atoms with Crippen molar-refractivity contribution in [2.24, 2.45) is 5.92 Å². The van der Waals surface area contributed by atoms with Crippen LogP contribution in [-0.4, -0.2) is 75.4 Å². The molecule has 9 heteroatoms. The van der Waals surface area contributed by atoms with Gasteiger partial charge < -0.3 is 25.6 Å². The number of fused-ring (bicyclic) bond motifs is 1. The van der Waals surface area contributed by atoms with Gasteiger partial charge in [-0.2, -0.15) is 0 Å². The predicted molar refractivity (Wildman–Crippen MR) is 179 cm³/mol. The Balaban J connectivity index is 1.64. The van der Waals surface area contributed by atoms with Gasteiger partial charge in [-0.3, -0.25) is 19.3 Å². The number of nitrogens with zero attached hydrogens (tertiary/aromatic N) is 2. The number of unbranched alkanes of at least 4 members (excludes halogenated alkanes) is 2. The summed E-state index contributed by atoms with van der Waals surface area (Å²) in [6.45, 7) is 7.96. The summed E-state index contributed by atoms with van der Waals surface area (Å²) in [5.74, 6) is -0.555. The first-order valence-corrected chi connectivity index (χ1v) is 16.2. The Morgan fingerprint density at radius 2 is 1.73 bits per heavy atom. The maximum atomic E-state index is 14.4. The zero-order valence-corrected chi connectivity index (χ0v) is 26.9. The van der Waals surface area contributed by atoms with Gasteiger partial charge in [-0.1, -0.05) is 62.4 Å². The molecule has 2 aromatic carbocycles. The summed E-state index contributed by atoms with van der Waals surface area (Å²) in [5.41, 5.74) is 2.08. The first-order valence-electron chi connectivity index (χ1n) is 16.2. The average molecular weight is 616 g/mol. The number of nitrogens with one attached hydrogen (secondary N) is 3. The van der Waals surface area contributed by atoms with Crippen molar-refractivity contribution in [1.29, 1.82) is 0 Å². The van der Waals surface area contributed by atoms with Crippen LogP contribution in [0.2, 0.25) is 0 Å². The topological polar surface area (TPSA) is 118 Å². The smallest absolute Gasteiger partial charge is 0.249 e. The number of aromatic nitrogens is 1. The summed E-state index contributed by atoms with van der Waals surface area (Å²) in [7, 11) is 0. The molecule has 0 saturated carbocycles. The molecule has 4 rings (SSSR count). The highest BCUT2D eigenvalue weighted by Crippen LogP contribution is 2.32. The summed E-state index contributed by atoms with van der Waals surface area (Å²) >= 11 is 0. The van der Waals surface area contributed by atoms with E-state index in [0.717, 1.165) is 29.4 Å². The highest BCUT2D eigenvalue weighted by Gasteiger charge is 2.49. The van der Waals surface area contributed by atoms with Gasteiger partial charge in [0.15, 0.2) is 0 Å². The van der Waals surface area contributed by atoms with Crippen molar-refractivity contribution in [3.63, 3.8) is 0 Å². The number of carbonyl (C=O) groups excluding carboxylic acids is 3. The minimum absolute atomic E-state index is 0.0779. The van der Waals surface area contributed by atoms with Gasteiger partial charge in [0.1, 0.15) is 11.6 Å². The Bertz CT molecular complexity index is 1430. The molecule has 1 aliphatic heterocycles. The van der Waals surface area contributed by atoms with Crippen LogP contribution in [0.1, 0.15) is 70.4 Å². The SMILES string of the molecule is CC(=O)NC(CC(C)C)C(=O)N(CCCCCO)C1(C(=O)N/C=C/c2c[nH]c3ccccc23)CCN(Cc2ccccc2)CC1. The van der Waals surface area contributed by atoms with E-state index in [9.17, 15) is 19.5 Å². The Hall–Kier alpha value is -3.95. The van der Waals surface area contributed by atoms with E-state index >= 15 is 0 Å². The largest absolute Gasteiger partial charge is 0.396 e. The molecule has 4 N–H and O–H groups in total. The Morgan fingerprint density at radius 1 is 1.02 bits per heavy atom. The van der Waals surface area contributed by atoms with Gasteiger partial charge in [0.05, 0.1) is 0 Å². The summed E-state index contributed by atoms with van der Waals surface area (Å²) in [5, 5.41) is 16.4. The van der Waals surface area contributed by atoms with Gasteiger partial charge in [-0.05, 0) is 62.1 Å². The molecule has 3 aromatic rings. The van der Waals surface area contributed by atoms with Gasteiger partial charge in [0.25, 0.3) is 0 Å². The monoisotopic (exact) mass is 615 g/mol. The molecule has 1 unspecified atom stereocenters. The number of aromatic amines is 1. The van der Waals surface area contributed by atoms with E-state index in [2.05, 4.69) is 32.7 Å². The van der Waals surface area contributed by atoms with Gasteiger partial charge in [-0.25, -0.2) is 0 Å². The normalized spacial score (nSPS) is 15.8. The molecule has 45 heavy (non-hydrogen) atoms. The molecule has 9 nitrogen and oxygen atoms in total. The average Bonchev–Trinajstić information content (AvgIpc) is 3.44. The minimum atomic E-state index is -1.10. The number of hydrogen-bond acceptors (Lipinski definition) is 5. The lowest BCUT2D eigenvalue weighted by molar-refractivity contribution is -0.153. The van der Waals surface area contributed by atoms with Crippen LogP contribution < -0.4 is 10.6 Å². The number of rotatable bonds is 15. The molecule has 0 spiro atoms. The number of aliphatic hydroxyl groups excluding tert-OH is 1. The second kappa shape index (κ2) is 16.4. The number of likely N-dealkylation sites (tertiary alicyclic amines) is 1.